The molecule has 5 nitrogen and oxygen atoms in total. The summed E-state index contributed by atoms with van der Waals surface area (Å²) in [4.78, 5) is 24.2. The van der Waals surface area contributed by atoms with Gasteiger partial charge in [0.25, 0.3) is 5.91 Å². The Balaban J connectivity index is 1.89. The van der Waals surface area contributed by atoms with E-state index in [2.05, 4.69) is 12.2 Å². The zero-order valence-corrected chi connectivity index (χ0v) is 13.5. The van der Waals surface area contributed by atoms with Crippen molar-refractivity contribution in [3.05, 3.63) is 35.4 Å². The van der Waals surface area contributed by atoms with Gasteiger partial charge in [0.15, 0.2) is 6.10 Å². The second-order valence-electron chi connectivity index (χ2n) is 6.11. The van der Waals surface area contributed by atoms with Crippen molar-refractivity contribution in [2.75, 3.05) is 0 Å². The number of nitrogens with one attached hydrogen (secondary N) is 1. The van der Waals surface area contributed by atoms with Gasteiger partial charge < -0.3 is 10.1 Å². The molecule has 122 valence electrons. The standard InChI is InChI=1S/C18H22N2O3/c1-12-5-3-4-6-16(12)20-17(21)13(2)23-18(22)15-9-7-14(11-19)8-10-15/h7-10,12-13,16H,3-6H2,1-2H3,(H,20,21)/t12-,13-,16-/m1/s1. The lowest BCUT2D eigenvalue weighted by molar-refractivity contribution is -0.130. The number of nitriles is 1. The van der Waals surface area contributed by atoms with E-state index in [4.69, 9.17) is 10.00 Å². The third-order valence-electron chi connectivity index (χ3n) is 4.34. The van der Waals surface area contributed by atoms with Crippen LogP contribution in [0.5, 0.6) is 0 Å². The zero-order valence-electron chi connectivity index (χ0n) is 13.5. The monoisotopic (exact) mass is 314 g/mol. The van der Waals surface area contributed by atoms with Crippen molar-refractivity contribution in [2.45, 2.75) is 51.7 Å². The number of hydrogen-bond donors (Lipinski definition) is 1. The molecular formula is C18H22N2O3. The predicted octanol–water partition coefficient (Wildman–Crippen LogP) is 2.80. The molecule has 1 N–H and O–H groups in total. The number of nitrogens with zero attached hydrogens (tertiary/aromatic N) is 1. The van der Waals surface area contributed by atoms with E-state index in [9.17, 15) is 9.59 Å². The molecule has 1 saturated carbocycles. The van der Waals surface area contributed by atoms with E-state index >= 15 is 0 Å². The second-order valence-corrected chi connectivity index (χ2v) is 6.11. The van der Waals surface area contributed by atoms with Gasteiger partial charge in [0.05, 0.1) is 17.2 Å². The summed E-state index contributed by atoms with van der Waals surface area (Å²) in [6.07, 6.45) is 3.58. The number of rotatable bonds is 4. The first-order chi connectivity index (χ1) is 11.0. The molecule has 1 aliphatic carbocycles. The van der Waals surface area contributed by atoms with Crippen molar-refractivity contribution in [1.82, 2.24) is 5.32 Å². The lowest BCUT2D eigenvalue weighted by atomic mass is 9.86. The molecule has 0 unspecified atom stereocenters. The van der Waals surface area contributed by atoms with Crippen LogP contribution in [0.2, 0.25) is 0 Å². The first-order valence-electron chi connectivity index (χ1n) is 8.02. The number of esters is 1. The summed E-state index contributed by atoms with van der Waals surface area (Å²) in [6, 6.07) is 8.28. The van der Waals surface area contributed by atoms with E-state index in [0.717, 1.165) is 19.3 Å². The summed E-state index contributed by atoms with van der Waals surface area (Å²) >= 11 is 0. The fraction of sp³-hybridized carbons (Fsp3) is 0.500. The summed E-state index contributed by atoms with van der Waals surface area (Å²) < 4.78 is 5.21. The van der Waals surface area contributed by atoms with Gasteiger partial charge in [-0.25, -0.2) is 4.79 Å². The van der Waals surface area contributed by atoms with Crippen LogP contribution < -0.4 is 5.32 Å². The third kappa shape index (κ3) is 4.56. The predicted molar refractivity (Wildman–Crippen MR) is 85.6 cm³/mol. The van der Waals surface area contributed by atoms with Crippen molar-refractivity contribution in [3.63, 3.8) is 0 Å². The minimum absolute atomic E-state index is 0.160. The molecule has 23 heavy (non-hydrogen) atoms. The van der Waals surface area contributed by atoms with Crippen LogP contribution in [0.25, 0.3) is 0 Å². The Morgan fingerprint density at radius 3 is 2.52 bits per heavy atom. The molecule has 0 aromatic heterocycles. The van der Waals surface area contributed by atoms with Gasteiger partial charge in [-0.15, -0.1) is 0 Å². The Bertz CT molecular complexity index is 604. The Hall–Kier alpha value is -2.35. The van der Waals surface area contributed by atoms with E-state index in [-0.39, 0.29) is 11.9 Å². The normalized spacial score (nSPS) is 21.8. The molecule has 2 rings (SSSR count). The van der Waals surface area contributed by atoms with Crippen LogP contribution in [0, 0.1) is 17.2 Å². The number of amides is 1. The van der Waals surface area contributed by atoms with E-state index in [0.29, 0.717) is 17.0 Å². The fourth-order valence-electron chi connectivity index (χ4n) is 2.79. The van der Waals surface area contributed by atoms with Crippen LogP contribution in [0.1, 0.15) is 55.5 Å². The molecule has 1 fully saturated rings. The average Bonchev–Trinajstić information content (AvgIpc) is 2.56. The zero-order chi connectivity index (χ0) is 16.8. The maximum absolute atomic E-state index is 12.2. The highest BCUT2D eigenvalue weighted by Gasteiger charge is 2.26. The van der Waals surface area contributed by atoms with Crippen molar-refractivity contribution in [2.24, 2.45) is 5.92 Å². The van der Waals surface area contributed by atoms with Crippen LogP contribution in [0.4, 0.5) is 0 Å². The minimum Gasteiger partial charge on any atom is -0.449 e. The van der Waals surface area contributed by atoms with Gasteiger partial charge in [-0.2, -0.15) is 5.26 Å². The lowest BCUT2D eigenvalue weighted by Crippen LogP contribution is -2.45. The van der Waals surface area contributed by atoms with Gasteiger partial charge in [0.2, 0.25) is 0 Å². The van der Waals surface area contributed by atoms with Crippen LogP contribution in [0.3, 0.4) is 0 Å². The second kappa shape index (κ2) is 7.77. The smallest absolute Gasteiger partial charge is 0.338 e. The average molecular weight is 314 g/mol. The quantitative estimate of drug-likeness (QED) is 0.867. The first-order valence-corrected chi connectivity index (χ1v) is 8.02. The number of ether oxygens (including phenoxy) is 1. The van der Waals surface area contributed by atoms with Crippen LogP contribution in [0.15, 0.2) is 24.3 Å². The molecule has 1 aromatic rings. The van der Waals surface area contributed by atoms with Gasteiger partial charge in [0, 0.05) is 6.04 Å². The SMILES string of the molecule is C[C@@H]1CCCC[C@H]1NC(=O)[C@@H](C)OC(=O)c1ccc(C#N)cc1. The topological polar surface area (TPSA) is 79.2 Å². The number of carbonyl (C=O) groups is 2. The van der Waals surface area contributed by atoms with Gasteiger partial charge in [-0.1, -0.05) is 19.8 Å². The molecule has 5 heteroatoms. The van der Waals surface area contributed by atoms with E-state index in [1.54, 1.807) is 19.1 Å². The van der Waals surface area contributed by atoms with Gasteiger partial charge in [-0.3, -0.25) is 4.79 Å². The Morgan fingerprint density at radius 1 is 1.26 bits per heavy atom. The molecule has 0 bridgehead atoms. The summed E-state index contributed by atoms with van der Waals surface area (Å²) in [5, 5.41) is 11.7. The summed E-state index contributed by atoms with van der Waals surface area (Å²) in [7, 11) is 0. The molecule has 0 heterocycles. The molecule has 0 aliphatic heterocycles. The minimum atomic E-state index is -0.840. The Kier molecular flexibility index (Phi) is 5.75. The van der Waals surface area contributed by atoms with E-state index in [1.807, 2.05) is 6.07 Å². The summed E-state index contributed by atoms with van der Waals surface area (Å²) in [5.74, 6) is -0.367. The van der Waals surface area contributed by atoms with Crippen LogP contribution in [-0.2, 0) is 9.53 Å². The molecule has 0 spiro atoms. The van der Waals surface area contributed by atoms with E-state index in [1.165, 1.54) is 18.6 Å². The highest BCUT2D eigenvalue weighted by Crippen LogP contribution is 2.23. The highest BCUT2D eigenvalue weighted by molar-refractivity contribution is 5.92. The van der Waals surface area contributed by atoms with Gasteiger partial charge in [0.1, 0.15) is 0 Å². The molecular weight excluding hydrogens is 292 g/mol. The van der Waals surface area contributed by atoms with E-state index < -0.39 is 12.1 Å². The van der Waals surface area contributed by atoms with Gasteiger partial charge >= 0.3 is 5.97 Å². The fourth-order valence-corrected chi connectivity index (χ4v) is 2.79. The van der Waals surface area contributed by atoms with Crippen molar-refractivity contribution < 1.29 is 14.3 Å². The molecule has 1 aromatic carbocycles. The van der Waals surface area contributed by atoms with Crippen molar-refractivity contribution in [1.29, 1.82) is 5.26 Å². The number of benzene rings is 1. The largest absolute Gasteiger partial charge is 0.449 e. The number of hydrogen-bond acceptors (Lipinski definition) is 4. The molecule has 1 aliphatic rings. The van der Waals surface area contributed by atoms with Crippen LogP contribution >= 0.6 is 0 Å². The lowest BCUT2D eigenvalue weighted by Gasteiger charge is -2.30. The van der Waals surface area contributed by atoms with Crippen molar-refractivity contribution >= 4 is 11.9 Å². The number of carbonyl (C=O) groups excluding carboxylic acids is 2. The summed E-state index contributed by atoms with van der Waals surface area (Å²) in [6.45, 7) is 3.71. The molecule has 3 atom stereocenters. The summed E-state index contributed by atoms with van der Waals surface area (Å²) in [5.41, 5.74) is 0.799. The van der Waals surface area contributed by atoms with Crippen molar-refractivity contribution in [3.8, 4) is 6.07 Å². The third-order valence-corrected chi connectivity index (χ3v) is 4.34. The molecule has 1 amide bonds. The maximum atomic E-state index is 12.2. The molecule has 0 radical (unpaired) electrons. The Labute approximate surface area is 136 Å². The van der Waals surface area contributed by atoms with Gasteiger partial charge in [-0.05, 0) is 49.9 Å². The molecule has 0 saturated heterocycles. The first kappa shape index (κ1) is 17.0. The Morgan fingerprint density at radius 2 is 1.91 bits per heavy atom. The highest BCUT2D eigenvalue weighted by atomic mass is 16.5. The maximum Gasteiger partial charge on any atom is 0.338 e. The van der Waals surface area contributed by atoms with Crippen LogP contribution in [-0.4, -0.2) is 24.0 Å².